The van der Waals surface area contributed by atoms with Crippen LogP contribution in [0.5, 0.6) is 0 Å². The number of nitrogens with one attached hydrogen (secondary N) is 2. The van der Waals surface area contributed by atoms with E-state index in [1.807, 2.05) is 6.92 Å². The van der Waals surface area contributed by atoms with Crippen LogP contribution < -0.4 is 10.6 Å². The third kappa shape index (κ3) is 3.91. The highest BCUT2D eigenvalue weighted by Crippen LogP contribution is 2.38. The molecule has 11 heteroatoms. The fourth-order valence-electron chi connectivity index (χ4n) is 3.96. The van der Waals surface area contributed by atoms with Crippen LogP contribution in [-0.2, 0) is 19.6 Å². The number of nitrogens with zero attached hydrogens (tertiary/aromatic N) is 2. The van der Waals surface area contributed by atoms with Gasteiger partial charge >= 0.3 is 6.03 Å². The summed E-state index contributed by atoms with van der Waals surface area (Å²) >= 11 is 6.01. The Morgan fingerprint density at radius 1 is 1.33 bits per heavy atom. The lowest BCUT2D eigenvalue weighted by Gasteiger charge is -2.36. The Bertz CT molecular complexity index is 997. The first-order valence-electron chi connectivity index (χ1n) is 9.65. The van der Waals surface area contributed by atoms with Crippen molar-refractivity contribution in [3.05, 3.63) is 23.2 Å². The summed E-state index contributed by atoms with van der Waals surface area (Å²) in [6.07, 6.45) is 3.23. The number of imide groups is 1. The minimum atomic E-state index is -3.81. The quantitative estimate of drug-likeness (QED) is 0.657. The molecule has 30 heavy (non-hydrogen) atoms. The molecule has 2 fully saturated rings. The summed E-state index contributed by atoms with van der Waals surface area (Å²) in [6.45, 7) is 1.47. The Kier molecular flexibility index (Phi) is 6.13. The monoisotopic (exact) mass is 456 g/mol. The van der Waals surface area contributed by atoms with Crippen LogP contribution >= 0.6 is 11.6 Å². The fourth-order valence-corrected chi connectivity index (χ4v) is 5.35. The number of amides is 4. The summed E-state index contributed by atoms with van der Waals surface area (Å²) in [7, 11) is -1.07. The van der Waals surface area contributed by atoms with E-state index in [-0.39, 0.29) is 27.4 Å². The van der Waals surface area contributed by atoms with E-state index in [0.717, 1.165) is 28.5 Å². The Hall–Kier alpha value is -2.17. The second-order valence-electron chi connectivity index (χ2n) is 7.92. The SMILES string of the molecule is C[C@H]1CCCC[C@]12NC(=O)N(CC(=O)Nc1ccc(Cl)c(S(=O)(=O)N(C)C)c1)C2=O. The van der Waals surface area contributed by atoms with Crippen molar-refractivity contribution >= 4 is 45.2 Å². The van der Waals surface area contributed by atoms with Gasteiger partial charge in [-0.05, 0) is 37.0 Å². The summed E-state index contributed by atoms with van der Waals surface area (Å²) < 4.78 is 25.8. The van der Waals surface area contributed by atoms with Gasteiger partial charge in [0, 0.05) is 19.8 Å². The highest BCUT2D eigenvalue weighted by atomic mass is 35.5. The molecule has 1 aliphatic heterocycles. The van der Waals surface area contributed by atoms with Gasteiger partial charge in [-0.1, -0.05) is 31.4 Å². The number of sulfonamides is 1. The molecule has 3 rings (SSSR count). The minimum absolute atomic E-state index is 0.00850. The van der Waals surface area contributed by atoms with Crippen LogP contribution in [0.25, 0.3) is 0 Å². The van der Waals surface area contributed by atoms with Crippen molar-refractivity contribution in [2.75, 3.05) is 26.0 Å². The molecule has 2 aliphatic rings. The zero-order chi connectivity index (χ0) is 22.3. The van der Waals surface area contributed by atoms with Gasteiger partial charge in [-0.15, -0.1) is 0 Å². The summed E-state index contributed by atoms with van der Waals surface area (Å²) in [5.74, 6) is -1.01. The lowest BCUT2D eigenvalue weighted by atomic mass is 9.73. The topological polar surface area (TPSA) is 116 Å². The number of rotatable bonds is 5. The maximum Gasteiger partial charge on any atom is 0.325 e. The molecule has 2 atom stereocenters. The normalized spacial score (nSPS) is 24.4. The summed E-state index contributed by atoms with van der Waals surface area (Å²) in [6, 6.07) is 3.47. The van der Waals surface area contributed by atoms with Crippen LogP contribution in [0, 0.1) is 5.92 Å². The van der Waals surface area contributed by atoms with Crippen molar-refractivity contribution in [2.45, 2.75) is 43.0 Å². The molecule has 0 unspecified atom stereocenters. The number of benzene rings is 1. The molecule has 1 aromatic rings. The van der Waals surface area contributed by atoms with Gasteiger partial charge in [0.2, 0.25) is 15.9 Å². The predicted octanol–water partition coefficient (Wildman–Crippen LogP) is 2.03. The smallest absolute Gasteiger partial charge is 0.324 e. The Balaban J connectivity index is 1.75. The van der Waals surface area contributed by atoms with Crippen LogP contribution in [-0.4, -0.2) is 61.6 Å². The van der Waals surface area contributed by atoms with E-state index in [2.05, 4.69) is 10.6 Å². The Morgan fingerprint density at radius 2 is 2.03 bits per heavy atom. The molecule has 0 aromatic heterocycles. The van der Waals surface area contributed by atoms with E-state index >= 15 is 0 Å². The lowest BCUT2D eigenvalue weighted by Crippen LogP contribution is -2.54. The van der Waals surface area contributed by atoms with Crippen molar-refractivity contribution < 1.29 is 22.8 Å². The summed E-state index contributed by atoms with van der Waals surface area (Å²) in [4.78, 5) is 38.6. The number of halogens is 1. The standard InChI is InChI=1S/C19H25ClN4O5S/c1-12-6-4-5-9-19(12)17(26)24(18(27)22-19)11-16(25)21-13-7-8-14(20)15(10-13)30(28,29)23(2)3/h7-8,10,12H,4-6,9,11H2,1-3H3,(H,21,25)(H,22,27)/t12-,19-/m0/s1. The number of hydrogen-bond donors (Lipinski definition) is 2. The molecule has 9 nitrogen and oxygen atoms in total. The lowest BCUT2D eigenvalue weighted by molar-refractivity contribution is -0.136. The van der Waals surface area contributed by atoms with Gasteiger partial charge in [0.05, 0.1) is 5.02 Å². The van der Waals surface area contributed by atoms with Gasteiger partial charge in [0.15, 0.2) is 0 Å². The summed E-state index contributed by atoms with van der Waals surface area (Å²) in [5, 5.41) is 5.35. The van der Waals surface area contributed by atoms with Crippen molar-refractivity contribution in [3.8, 4) is 0 Å². The molecule has 1 spiro atoms. The number of urea groups is 1. The van der Waals surface area contributed by atoms with Gasteiger partial charge in [-0.3, -0.25) is 14.5 Å². The van der Waals surface area contributed by atoms with E-state index in [1.54, 1.807) is 0 Å². The molecule has 1 saturated heterocycles. The fraction of sp³-hybridized carbons (Fsp3) is 0.526. The third-order valence-corrected chi connectivity index (χ3v) is 8.07. The number of carbonyl (C=O) groups excluding carboxylic acids is 3. The van der Waals surface area contributed by atoms with Crippen LogP contribution in [0.2, 0.25) is 5.02 Å². The van der Waals surface area contributed by atoms with Crippen molar-refractivity contribution in [1.82, 2.24) is 14.5 Å². The van der Waals surface area contributed by atoms with Crippen LogP contribution in [0.4, 0.5) is 10.5 Å². The number of carbonyl (C=O) groups is 3. The highest BCUT2D eigenvalue weighted by Gasteiger charge is 2.55. The van der Waals surface area contributed by atoms with E-state index in [1.165, 1.54) is 32.3 Å². The van der Waals surface area contributed by atoms with E-state index < -0.39 is 34.0 Å². The zero-order valence-electron chi connectivity index (χ0n) is 17.1. The number of hydrogen-bond acceptors (Lipinski definition) is 5. The third-order valence-electron chi connectivity index (χ3n) is 5.78. The maximum atomic E-state index is 13.0. The average Bonchev–Trinajstić information content (AvgIpc) is 2.90. The molecule has 0 bridgehead atoms. The van der Waals surface area contributed by atoms with Gasteiger partial charge in [-0.25, -0.2) is 17.5 Å². The second-order valence-corrected chi connectivity index (χ2v) is 10.4. The van der Waals surface area contributed by atoms with Crippen molar-refractivity contribution in [3.63, 3.8) is 0 Å². The molecule has 4 amide bonds. The van der Waals surface area contributed by atoms with Gasteiger partial charge in [0.1, 0.15) is 17.0 Å². The first kappa shape index (κ1) is 22.5. The maximum absolute atomic E-state index is 13.0. The molecule has 1 saturated carbocycles. The molecule has 1 aliphatic carbocycles. The van der Waals surface area contributed by atoms with Gasteiger partial charge < -0.3 is 10.6 Å². The molecular weight excluding hydrogens is 432 g/mol. The van der Waals surface area contributed by atoms with E-state index in [4.69, 9.17) is 11.6 Å². The summed E-state index contributed by atoms with van der Waals surface area (Å²) in [5.41, 5.74) is -0.749. The molecule has 0 radical (unpaired) electrons. The highest BCUT2D eigenvalue weighted by molar-refractivity contribution is 7.89. The first-order valence-corrected chi connectivity index (χ1v) is 11.5. The molecular formula is C19H25ClN4O5S. The largest absolute Gasteiger partial charge is 0.325 e. The van der Waals surface area contributed by atoms with Gasteiger partial charge in [0.25, 0.3) is 5.91 Å². The van der Waals surface area contributed by atoms with Crippen LogP contribution in [0.1, 0.15) is 32.6 Å². The minimum Gasteiger partial charge on any atom is -0.324 e. The molecule has 1 heterocycles. The Morgan fingerprint density at radius 3 is 2.67 bits per heavy atom. The molecule has 2 N–H and O–H groups in total. The average molecular weight is 457 g/mol. The van der Waals surface area contributed by atoms with Crippen LogP contribution in [0.3, 0.4) is 0 Å². The second kappa shape index (κ2) is 8.16. The van der Waals surface area contributed by atoms with E-state index in [0.29, 0.717) is 6.42 Å². The Labute approximate surface area is 180 Å². The van der Waals surface area contributed by atoms with Crippen LogP contribution in [0.15, 0.2) is 23.1 Å². The zero-order valence-corrected chi connectivity index (χ0v) is 18.6. The number of anilines is 1. The van der Waals surface area contributed by atoms with Crippen molar-refractivity contribution in [1.29, 1.82) is 0 Å². The van der Waals surface area contributed by atoms with Crippen molar-refractivity contribution in [2.24, 2.45) is 5.92 Å². The first-order chi connectivity index (χ1) is 14.0. The van der Waals surface area contributed by atoms with Gasteiger partial charge in [-0.2, -0.15) is 0 Å². The molecule has 1 aromatic carbocycles. The van der Waals surface area contributed by atoms with E-state index in [9.17, 15) is 22.8 Å². The predicted molar refractivity (Wildman–Crippen MR) is 112 cm³/mol. The molecule has 164 valence electrons.